The topological polar surface area (TPSA) is 111 Å². The van der Waals surface area contributed by atoms with Gasteiger partial charge in [-0.2, -0.15) is 8.78 Å². The Bertz CT molecular complexity index is 936. The fourth-order valence-electron chi connectivity index (χ4n) is 2.22. The van der Waals surface area contributed by atoms with Crippen LogP contribution in [-0.4, -0.2) is 43.5 Å². The number of imide groups is 1. The van der Waals surface area contributed by atoms with Gasteiger partial charge in [-0.15, -0.1) is 0 Å². The van der Waals surface area contributed by atoms with Gasteiger partial charge in [-0.1, -0.05) is 11.6 Å². The lowest BCUT2D eigenvalue weighted by Crippen LogP contribution is -2.34. The molecule has 2 aromatic rings. The molecule has 0 atom stereocenters. The summed E-state index contributed by atoms with van der Waals surface area (Å²) < 4.78 is 33.1. The molecule has 0 radical (unpaired) electrons. The Labute approximate surface area is 180 Å². The van der Waals surface area contributed by atoms with Gasteiger partial charge in [-0.25, -0.2) is 0 Å². The largest absolute Gasteiger partial charge is 0.456 e. The highest BCUT2D eigenvalue weighted by atomic mass is 35.5. The summed E-state index contributed by atoms with van der Waals surface area (Å²) >= 11 is 5.73. The second-order valence-electron chi connectivity index (χ2n) is 5.95. The zero-order valence-electron chi connectivity index (χ0n) is 15.9. The van der Waals surface area contributed by atoms with Crippen molar-refractivity contribution in [3.05, 3.63) is 64.7 Å². The van der Waals surface area contributed by atoms with E-state index in [2.05, 4.69) is 10.1 Å². The van der Waals surface area contributed by atoms with Gasteiger partial charge in [0.2, 0.25) is 0 Å². The quantitative estimate of drug-likeness (QED) is 0.563. The fraction of sp³-hybridized carbons (Fsp3) is 0.200. The van der Waals surface area contributed by atoms with E-state index in [1.807, 2.05) is 5.32 Å². The summed E-state index contributed by atoms with van der Waals surface area (Å²) in [6.07, 6.45) is -0.188. The molecule has 2 rings (SSSR count). The molecule has 8 nitrogen and oxygen atoms in total. The van der Waals surface area contributed by atoms with Gasteiger partial charge >= 0.3 is 12.6 Å². The van der Waals surface area contributed by atoms with Crippen LogP contribution in [0.25, 0.3) is 0 Å². The van der Waals surface area contributed by atoms with E-state index in [1.165, 1.54) is 24.3 Å². The molecule has 3 amide bonds. The first-order valence-corrected chi connectivity index (χ1v) is 9.21. The fourth-order valence-corrected chi connectivity index (χ4v) is 2.35. The number of hydrogen-bond acceptors (Lipinski definition) is 6. The van der Waals surface area contributed by atoms with Gasteiger partial charge in [0.15, 0.2) is 6.61 Å². The van der Waals surface area contributed by atoms with E-state index in [4.69, 9.17) is 16.3 Å². The number of alkyl halides is 2. The molecule has 0 aliphatic rings. The molecule has 0 bridgehead atoms. The van der Waals surface area contributed by atoms with Gasteiger partial charge in [0.05, 0.1) is 6.42 Å². The van der Waals surface area contributed by atoms with Gasteiger partial charge in [0, 0.05) is 22.7 Å². The maximum absolute atomic E-state index is 12.1. The minimum absolute atomic E-state index is 0.0196. The highest BCUT2D eigenvalue weighted by molar-refractivity contribution is 6.30. The van der Waals surface area contributed by atoms with Gasteiger partial charge in [0.1, 0.15) is 5.75 Å². The molecule has 0 aliphatic heterocycles. The van der Waals surface area contributed by atoms with Crippen molar-refractivity contribution in [3.63, 3.8) is 0 Å². The predicted octanol–water partition coefficient (Wildman–Crippen LogP) is 2.56. The van der Waals surface area contributed by atoms with Crippen LogP contribution >= 0.6 is 11.6 Å². The van der Waals surface area contributed by atoms with Gasteiger partial charge in [-0.05, 0) is 48.5 Å². The minimum Gasteiger partial charge on any atom is -0.456 e. The zero-order chi connectivity index (χ0) is 22.8. The van der Waals surface area contributed by atoms with Crippen molar-refractivity contribution in [2.45, 2.75) is 13.0 Å². The Kier molecular flexibility index (Phi) is 8.89. The number of ether oxygens (including phenoxy) is 2. The third-order valence-electron chi connectivity index (χ3n) is 3.68. The number of rotatable bonds is 9. The summed E-state index contributed by atoms with van der Waals surface area (Å²) in [5.74, 6) is -2.99. The van der Waals surface area contributed by atoms with Crippen molar-refractivity contribution < 1.29 is 37.4 Å². The van der Waals surface area contributed by atoms with Gasteiger partial charge < -0.3 is 14.8 Å². The molecule has 0 spiro atoms. The van der Waals surface area contributed by atoms with Crippen LogP contribution in [0.3, 0.4) is 0 Å². The summed E-state index contributed by atoms with van der Waals surface area (Å²) in [5, 5.41) is 4.98. The zero-order valence-corrected chi connectivity index (χ0v) is 16.7. The first-order valence-electron chi connectivity index (χ1n) is 8.83. The number of hydrogen-bond donors (Lipinski definition) is 2. The molecule has 164 valence electrons. The van der Waals surface area contributed by atoms with Crippen molar-refractivity contribution in [2.75, 3.05) is 13.2 Å². The Morgan fingerprint density at radius 2 is 1.48 bits per heavy atom. The molecule has 0 fully saturated rings. The maximum atomic E-state index is 12.1. The Balaban J connectivity index is 1.68. The molecular formula is C20H17ClF2N2O6. The molecular weight excluding hydrogens is 438 g/mol. The van der Waals surface area contributed by atoms with E-state index in [0.29, 0.717) is 10.6 Å². The molecule has 2 aromatic carbocycles. The van der Waals surface area contributed by atoms with Crippen LogP contribution < -0.4 is 15.4 Å². The monoisotopic (exact) mass is 454 g/mol. The molecule has 0 heterocycles. The third-order valence-corrected chi connectivity index (χ3v) is 3.93. The van der Waals surface area contributed by atoms with Gasteiger partial charge in [0.25, 0.3) is 17.7 Å². The molecule has 11 heteroatoms. The van der Waals surface area contributed by atoms with Crippen molar-refractivity contribution in [2.24, 2.45) is 0 Å². The number of esters is 1. The molecule has 2 N–H and O–H groups in total. The highest BCUT2D eigenvalue weighted by Crippen LogP contribution is 2.14. The predicted molar refractivity (Wildman–Crippen MR) is 105 cm³/mol. The lowest BCUT2D eigenvalue weighted by atomic mass is 10.2. The Morgan fingerprint density at radius 1 is 0.903 bits per heavy atom. The normalized spacial score (nSPS) is 10.3. The number of nitrogens with one attached hydrogen (secondary N) is 2. The number of amides is 3. The summed E-state index contributed by atoms with van der Waals surface area (Å²) in [7, 11) is 0. The maximum Gasteiger partial charge on any atom is 0.387 e. The molecule has 0 unspecified atom stereocenters. The van der Waals surface area contributed by atoms with Crippen molar-refractivity contribution in [1.82, 2.24) is 10.6 Å². The van der Waals surface area contributed by atoms with E-state index < -0.39 is 36.9 Å². The highest BCUT2D eigenvalue weighted by Gasteiger charge is 2.14. The standard InChI is InChI=1S/C20H17ClF2N2O6/c21-14-5-1-12(2-6-14)18(28)24-10-9-17(27)30-11-16(26)25-19(29)13-3-7-15(8-4-13)31-20(22)23/h1-8,20H,9-11H2,(H,24,28)(H,25,26,29). The van der Waals surface area contributed by atoms with Crippen LogP contribution in [0, 0.1) is 0 Å². The molecule has 0 saturated heterocycles. The number of halogens is 3. The molecule has 0 aliphatic carbocycles. The smallest absolute Gasteiger partial charge is 0.387 e. The molecule has 0 saturated carbocycles. The van der Waals surface area contributed by atoms with Crippen LogP contribution in [-0.2, 0) is 14.3 Å². The van der Waals surface area contributed by atoms with Gasteiger partial charge in [-0.3, -0.25) is 24.5 Å². The van der Waals surface area contributed by atoms with Crippen molar-refractivity contribution in [3.8, 4) is 5.75 Å². The van der Waals surface area contributed by atoms with Crippen LogP contribution in [0.15, 0.2) is 48.5 Å². The first-order chi connectivity index (χ1) is 14.7. The average Bonchev–Trinajstić information content (AvgIpc) is 2.72. The summed E-state index contributed by atoms with van der Waals surface area (Å²) in [5.41, 5.74) is 0.385. The van der Waals surface area contributed by atoms with E-state index in [-0.39, 0.29) is 24.3 Å². The average molecular weight is 455 g/mol. The van der Waals surface area contributed by atoms with Crippen LogP contribution in [0.2, 0.25) is 5.02 Å². The summed E-state index contributed by atoms with van der Waals surface area (Å²) in [4.78, 5) is 47.2. The van der Waals surface area contributed by atoms with E-state index in [1.54, 1.807) is 12.1 Å². The van der Waals surface area contributed by atoms with Crippen molar-refractivity contribution in [1.29, 1.82) is 0 Å². The Hall–Kier alpha value is -3.53. The number of carbonyl (C=O) groups is 4. The minimum atomic E-state index is -3.00. The first kappa shape index (κ1) is 23.7. The van der Waals surface area contributed by atoms with Crippen LogP contribution in [0.5, 0.6) is 5.75 Å². The summed E-state index contributed by atoms with van der Waals surface area (Å²) in [6.45, 7) is -3.72. The van der Waals surface area contributed by atoms with Crippen LogP contribution in [0.4, 0.5) is 8.78 Å². The SMILES string of the molecule is O=C(COC(=O)CCNC(=O)c1ccc(Cl)cc1)NC(=O)c1ccc(OC(F)F)cc1. The second kappa shape index (κ2) is 11.6. The molecule has 31 heavy (non-hydrogen) atoms. The molecule has 0 aromatic heterocycles. The van der Waals surface area contributed by atoms with Crippen molar-refractivity contribution >= 4 is 35.3 Å². The number of benzene rings is 2. The lowest BCUT2D eigenvalue weighted by molar-refractivity contribution is -0.148. The third kappa shape index (κ3) is 8.39. The number of carbonyl (C=O) groups excluding carboxylic acids is 4. The van der Waals surface area contributed by atoms with E-state index >= 15 is 0 Å². The van der Waals surface area contributed by atoms with Crippen LogP contribution in [0.1, 0.15) is 27.1 Å². The Morgan fingerprint density at radius 3 is 2.10 bits per heavy atom. The summed E-state index contributed by atoms with van der Waals surface area (Å²) in [6, 6.07) is 10.8. The second-order valence-corrected chi connectivity index (χ2v) is 6.39. The van der Waals surface area contributed by atoms with E-state index in [9.17, 15) is 28.0 Å². The lowest BCUT2D eigenvalue weighted by Gasteiger charge is -2.08. The van der Waals surface area contributed by atoms with E-state index in [0.717, 1.165) is 12.1 Å².